The van der Waals surface area contributed by atoms with Crippen LogP contribution in [-0.4, -0.2) is 82.3 Å². The van der Waals surface area contributed by atoms with Crippen LogP contribution >= 0.6 is 0 Å². The summed E-state index contributed by atoms with van der Waals surface area (Å²) >= 11 is 0. The van der Waals surface area contributed by atoms with Gasteiger partial charge in [-0.15, -0.1) is 0 Å². The first-order valence-corrected chi connectivity index (χ1v) is 28.5. The van der Waals surface area contributed by atoms with Crippen LogP contribution in [0.15, 0.2) is 24.3 Å². The summed E-state index contributed by atoms with van der Waals surface area (Å²) in [7, 11) is 5.92. The van der Waals surface area contributed by atoms with Crippen LogP contribution < -0.4 is 5.11 Å². The summed E-state index contributed by atoms with van der Waals surface area (Å²) in [4.78, 5) is 36.9. The van der Waals surface area contributed by atoms with Crippen LogP contribution in [0.2, 0.25) is 0 Å². The maximum Gasteiger partial charge on any atom is 0.306 e. The molecular weight excluding hydrogens is 839 g/mol. The van der Waals surface area contributed by atoms with E-state index in [9.17, 15) is 19.5 Å². The van der Waals surface area contributed by atoms with Gasteiger partial charge in [-0.05, 0) is 44.9 Å². The summed E-state index contributed by atoms with van der Waals surface area (Å²) in [5, 5.41) is 11.7. The summed E-state index contributed by atoms with van der Waals surface area (Å²) in [6, 6.07) is 0. The molecule has 394 valence electrons. The number of aliphatic carboxylic acids is 1. The Morgan fingerprint density at radius 1 is 0.448 bits per heavy atom. The van der Waals surface area contributed by atoms with Gasteiger partial charge in [-0.3, -0.25) is 9.59 Å². The fourth-order valence-electron chi connectivity index (χ4n) is 8.27. The second-order valence-electron chi connectivity index (χ2n) is 20.6. The average molecular weight is 949 g/mol. The Morgan fingerprint density at radius 2 is 0.806 bits per heavy atom. The van der Waals surface area contributed by atoms with E-state index < -0.39 is 24.3 Å². The SMILES string of the molecule is CCCCCCC/C=C\C/C=C\CCCCCCCCCCCCCCCCCCCCCCCCCC(=O)OC(COC(=O)CCCCCCCCC)COC(OCC[N+](C)(C)C)C(=O)[O-]. The molecule has 9 nitrogen and oxygen atoms in total. The molecule has 0 spiro atoms. The largest absolute Gasteiger partial charge is 0.545 e. The molecule has 0 aliphatic carbocycles. The number of likely N-dealkylation sites (N-methyl/N-ethyl adjacent to an activating group) is 1. The Morgan fingerprint density at radius 3 is 1.18 bits per heavy atom. The molecule has 0 aromatic carbocycles. The summed E-state index contributed by atoms with van der Waals surface area (Å²) in [6.07, 6.45) is 55.7. The zero-order valence-corrected chi connectivity index (χ0v) is 44.8. The van der Waals surface area contributed by atoms with Gasteiger partial charge >= 0.3 is 11.9 Å². The van der Waals surface area contributed by atoms with Crippen molar-refractivity contribution in [2.24, 2.45) is 0 Å². The smallest absolute Gasteiger partial charge is 0.306 e. The van der Waals surface area contributed by atoms with E-state index in [4.69, 9.17) is 18.9 Å². The molecule has 67 heavy (non-hydrogen) atoms. The lowest BCUT2D eigenvalue weighted by atomic mass is 10.0. The number of rotatable bonds is 53. The van der Waals surface area contributed by atoms with Crippen LogP contribution in [0.3, 0.4) is 0 Å². The van der Waals surface area contributed by atoms with Gasteiger partial charge in [-0.2, -0.15) is 0 Å². The number of hydrogen-bond acceptors (Lipinski definition) is 8. The van der Waals surface area contributed by atoms with Gasteiger partial charge < -0.3 is 33.3 Å². The van der Waals surface area contributed by atoms with E-state index in [1.165, 1.54) is 199 Å². The molecule has 2 unspecified atom stereocenters. The minimum Gasteiger partial charge on any atom is -0.545 e. The van der Waals surface area contributed by atoms with E-state index in [0.29, 0.717) is 17.4 Å². The van der Waals surface area contributed by atoms with E-state index in [0.717, 1.165) is 44.9 Å². The number of carbonyl (C=O) groups excluding carboxylic acids is 3. The van der Waals surface area contributed by atoms with Crippen molar-refractivity contribution in [3.05, 3.63) is 24.3 Å². The Kier molecular flexibility index (Phi) is 48.5. The zero-order chi connectivity index (χ0) is 49.2. The maximum atomic E-state index is 12.8. The number of unbranched alkanes of at least 4 members (excludes halogenated alkanes) is 34. The third-order valence-electron chi connectivity index (χ3n) is 12.7. The number of carbonyl (C=O) groups is 3. The maximum absolute atomic E-state index is 12.8. The van der Waals surface area contributed by atoms with Crippen LogP contribution in [0.25, 0.3) is 0 Å². The predicted octanol–water partition coefficient (Wildman–Crippen LogP) is 15.0. The molecule has 0 N–H and O–H groups in total. The number of quaternary nitrogens is 1. The Balaban J connectivity index is 3.88. The molecule has 0 fully saturated rings. The molecule has 0 saturated heterocycles. The third kappa shape index (κ3) is 51.4. The average Bonchev–Trinajstić information content (AvgIpc) is 3.29. The number of esters is 2. The molecule has 0 rings (SSSR count). The molecule has 2 atom stereocenters. The van der Waals surface area contributed by atoms with Gasteiger partial charge in [0.1, 0.15) is 13.2 Å². The van der Waals surface area contributed by atoms with E-state index in [1.807, 2.05) is 21.1 Å². The molecule has 0 amide bonds. The number of hydrogen-bond donors (Lipinski definition) is 0. The lowest BCUT2D eigenvalue weighted by molar-refractivity contribution is -0.870. The molecule has 0 aliphatic rings. The van der Waals surface area contributed by atoms with Gasteiger partial charge in [-0.25, -0.2) is 0 Å². The number of carboxylic acids is 1. The van der Waals surface area contributed by atoms with Crippen molar-refractivity contribution in [1.29, 1.82) is 0 Å². The molecule has 0 heterocycles. The topological polar surface area (TPSA) is 111 Å². The van der Waals surface area contributed by atoms with Gasteiger partial charge in [-0.1, -0.05) is 237 Å². The van der Waals surface area contributed by atoms with Gasteiger partial charge in [0, 0.05) is 12.8 Å². The number of nitrogens with zero attached hydrogens (tertiary/aromatic N) is 1. The minimum atomic E-state index is -1.61. The Labute approximate surface area is 414 Å². The van der Waals surface area contributed by atoms with Crippen molar-refractivity contribution in [3.63, 3.8) is 0 Å². The van der Waals surface area contributed by atoms with Crippen LogP contribution in [0.4, 0.5) is 0 Å². The van der Waals surface area contributed by atoms with Crippen LogP contribution in [0, 0.1) is 0 Å². The van der Waals surface area contributed by atoms with E-state index in [2.05, 4.69) is 38.2 Å². The van der Waals surface area contributed by atoms with Crippen molar-refractivity contribution >= 4 is 17.9 Å². The molecule has 0 aromatic rings. The lowest BCUT2D eigenvalue weighted by Gasteiger charge is -2.26. The van der Waals surface area contributed by atoms with E-state index in [-0.39, 0.29) is 32.2 Å². The summed E-state index contributed by atoms with van der Waals surface area (Å²) in [6.45, 7) is 4.71. The lowest BCUT2D eigenvalue weighted by Crippen LogP contribution is -2.44. The first kappa shape index (κ1) is 64.8. The quantitative estimate of drug-likeness (QED) is 0.0195. The highest BCUT2D eigenvalue weighted by Gasteiger charge is 2.22. The Bertz CT molecular complexity index is 1150. The summed E-state index contributed by atoms with van der Waals surface area (Å²) in [5.41, 5.74) is 0. The molecule has 0 radical (unpaired) electrons. The van der Waals surface area contributed by atoms with Gasteiger partial charge in [0.2, 0.25) is 0 Å². The van der Waals surface area contributed by atoms with Crippen molar-refractivity contribution < 1.29 is 42.9 Å². The summed E-state index contributed by atoms with van der Waals surface area (Å²) < 4.78 is 22.5. The van der Waals surface area contributed by atoms with E-state index >= 15 is 0 Å². The molecule has 0 saturated carbocycles. The molecule has 0 aromatic heterocycles. The van der Waals surface area contributed by atoms with E-state index in [1.54, 1.807) is 0 Å². The van der Waals surface area contributed by atoms with Crippen LogP contribution in [0.5, 0.6) is 0 Å². The zero-order valence-electron chi connectivity index (χ0n) is 44.8. The highest BCUT2D eigenvalue weighted by molar-refractivity contribution is 5.70. The van der Waals surface area contributed by atoms with Crippen molar-refractivity contribution in [2.45, 2.75) is 283 Å². The van der Waals surface area contributed by atoms with Crippen LogP contribution in [0.1, 0.15) is 271 Å². The van der Waals surface area contributed by atoms with Crippen LogP contribution in [-0.2, 0) is 33.3 Å². The van der Waals surface area contributed by atoms with Crippen molar-refractivity contribution in [2.75, 3.05) is 47.5 Å². The minimum absolute atomic E-state index is 0.151. The molecular formula is C58H109NO8. The normalized spacial score (nSPS) is 12.9. The number of allylic oxidation sites excluding steroid dienone is 4. The number of carboxylic acid groups (broad SMARTS) is 1. The van der Waals surface area contributed by atoms with Crippen molar-refractivity contribution in [3.8, 4) is 0 Å². The first-order valence-electron chi connectivity index (χ1n) is 28.5. The molecule has 0 bridgehead atoms. The number of ether oxygens (including phenoxy) is 4. The second-order valence-corrected chi connectivity index (χ2v) is 20.6. The fourth-order valence-corrected chi connectivity index (χ4v) is 8.27. The molecule has 0 aliphatic heterocycles. The monoisotopic (exact) mass is 948 g/mol. The highest BCUT2D eigenvalue weighted by Crippen LogP contribution is 2.17. The molecule has 9 heteroatoms. The Hall–Kier alpha value is -2.23. The van der Waals surface area contributed by atoms with Crippen molar-refractivity contribution in [1.82, 2.24) is 0 Å². The van der Waals surface area contributed by atoms with Gasteiger partial charge in [0.15, 0.2) is 12.4 Å². The third-order valence-corrected chi connectivity index (χ3v) is 12.7. The predicted molar refractivity (Wildman–Crippen MR) is 279 cm³/mol. The highest BCUT2D eigenvalue weighted by atomic mass is 16.7. The second kappa shape index (κ2) is 50.2. The fraction of sp³-hybridized carbons (Fsp3) is 0.879. The summed E-state index contributed by atoms with van der Waals surface area (Å²) in [5.74, 6) is -2.27. The standard InChI is InChI=1S/C58H109NO8/c1-6-8-10-12-14-15-16-17-18-19-20-21-22-23-24-25-26-27-28-29-30-31-32-33-34-35-36-37-38-39-40-41-43-45-47-49-56(61)67-54(52-65-55(60)48-46-44-42-13-11-9-7-2)53-66-58(57(62)63)64-51-50-59(3,4)5/h16-17,19-20,54,58H,6-15,18,21-53H2,1-5H3/b17-16-,20-19-. The first-order chi connectivity index (χ1) is 32.6. The van der Waals surface area contributed by atoms with Gasteiger partial charge in [0.25, 0.3) is 0 Å². The van der Waals surface area contributed by atoms with Gasteiger partial charge in [0.05, 0.1) is 40.3 Å².